The molecular formula is C20H30N2O. The number of hydrogen-bond acceptors (Lipinski definition) is 3. The first-order valence-corrected chi connectivity index (χ1v) is 9.26. The summed E-state index contributed by atoms with van der Waals surface area (Å²) in [5, 5.41) is 3.73. The quantitative estimate of drug-likeness (QED) is 0.896. The third-order valence-electron chi connectivity index (χ3n) is 5.25. The summed E-state index contributed by atoms with van der Waals surface area (Å²) in [5.41, 5.74) is 1.41. The zero-order chi connectivity index (χ0) is 15.9. The van der Waals surface area contributed by atoms with Crippen LogP contribution in [0.3, 0.4) is 0 Å². The molecule has 23 heavy (non-hydrogen) atoms. The smallest absolute Gasteiger partial charge is 0.119 e. The second kappa shape index (κ2) is 8.37. The van der Waals surface area contributed by atoms with Crippen LogP contribution in [0.4, 0.5) is 0 Å². The molecule has 1 aromatic rings. The van der Waals surface area contributed by atoms with E-state index in [1.807, 2.05) is 6.07 Å². The van der Waals surface area contributed by atoms with E-state index in [2.05, 4.69) is 23.5 Å². The molecule has 3 nitrogen and oxygen atoms in total. The fourth-order valence-corrected chi connectivity index (χ4v) is 3.87. The lowest BCUT2D eigenvalue weighted by Gasteiger charge is -2.30. The molecule has 1 aliphatic heterocycles. The van der Waals surface area contributed by atoms with Gasteiger partial charge in [-0.25, -0.2) is 0 Å². The highest BCUT2D eigenvalue weighted by molar-refractivity contribution is 5.82. The Hall–Kier alpha value is -1.51. The van der Waals surface area contributed by atoms with Crippen LogP contribution in [0.2, 0.25) is 0 Å². The van der Waals surface area contributed by atoms with Crippen LogP contribution >= 0.6 is 0 Å². The third kappa shape index (κ3) is 4.98. The van der Waals surface area contributed by atoms with Crippen molar-refractivity contribution in [1.82, 2.24) is 5.32 Å². The number of methoxy groups -OCH3 is 1. The molecule has 0 radical (unpaired) electrons. The molecule has 1 N–H and O–H groups in total. The lowest BCUT2D eigenvalue weighted by Crippen LogP contribution is -2.37. The molecule has 3 rings (SSSR count). The molecule has 1 fully saturated rings. The van der Waals surface area contributed by atoms with Crippen LogP contribution in [-0.4, -0.2) is 25.5 Å². The average Bonchev–Trinajstić information content (AvgIpc) is 2.85. The van der Waals surface area contributed by atoms with E-state index >= 15 is 0 Å². The van der Waals surface area contributed by atoms with Crippen molar-refractivity contribution < 1.29 is 4.74 Å². The van der Waals surface area contributed by atoms with E-state index in [0.717, 1.165) is 24.6 Å². The number of benzene rings is 1. The second-order valence-electron chi connectivity index (χ2n) is 7.06. The lowest BCUT2D eigenvalue weighted by molar-refractivity contribution is 0.309. The monoisotopic (exact) mass is 314 g/mol. The molecule has 0 atom stereocenters. The van der Waals surface area contributed by atoms with Crippen molar-refractivity contribution in [3.63, 3.8) is 0 Å². The number of ether oxygens (including phenoxy) is 1. The van der Waals surface area contributed by atoms with E-state index in [-0.39, 0.29) is 0 Å². The second-order valence-corrected chi connectivity index (χ2v) is 7.06. The summed E-state index contributed by atoms with van der Waals surface area (Å²) >= 11 is 0. The van der Waals surface area contributed by atoms with Crippen LogP contribution in [0.1, 0.15) is 56.9 Å². The Morgan fingerprint density at radius 2 is 2.00 bits per heavy atom. The number of rotatable bonds is 4. The minimum Gasteiger partial charge on any atom is -0.497 e. The zero-order valence-electron chi connectivity index (χ0n) is 14.4. The van der Waals surface area contributed by atoms with Crippen molar-refractivity contribution in [2.75, 3.05) is 13.7 Å². The summed E-state index contributed by atoms with van der Waals surface area (Å²) < 4.78 is 5.33. The van der Waals surface area contributed by atoms with Gasteiger partial charge in [-0.3, -0.25) is 4.99 Å². The predicted octanol–water partition coefficient (Wildman–Crippen LogP) is 4.36. The molecule has 0 unspecified atom stereocenters. The Morgan fingerprint density at radius 1 is 1.13 bits per heavy atom. The van der Waals surface area contributed by atoms with Crippen LogP contribution < -0.4 is 10.1 Å². The molecule has 3 heteroatoms. The van der Waals surface area contributed by atoms with Gasteiger partial charge in [-0.05, 0) is 68.6 Å². The van der Waals surface area contributed by atoms with Gasteiger partial charge in [0.25, 0.3) is 0 Å². The van der Waals surface area contributed by atoms with Gasteiger partial charge in [-0.1, -0.05) is 18.6 Å². The Morgan fingerprint density at radius 3 is 2.83 bits per heavy atom. The van der Waals surface area contributed by atoms with Gasteiger partial charge in [0.05, 0.1) is 12.9 Å². The predicted molar refractivity (Wildman–Crippen MR) is 96.3 cm³/mol. The van der Waals surface area contributed by atoms with Gasteiger partial charge in [0.2, 0.25) is 0 Å². The Balaban J connectivity index is 1.45. The minimum atomic E-state index is 0.647. The number of nitrogens with one attached hydrogen (secondary N) is 1. The standard InChI is InChI=1S/C20H30N2O/c1-23-19-7-5-6-17(15-19)14-16-9-11-18(12-10-16)22-20-8-3-2-4-13-21-20/h5-7,15-16,18H,2-4,8-14H2,1H3,(H,21,22). The highest BCUT2D eigenvalue weighted by atomic mass is 16.5. The number of amidine groups is 1. The van der Waals surface area contributed by atoms with Gasteiger partial charge in [0.1, 0.15) is 5.75 Å². The average molecular weight is 314 g/mol. The lowest BCUT2D eigenvalue weighted by atomic mass is 9.82. The van der Waals surface area contributed by atoms with E-state index in [9.17, 15) is 0 Å². The zero-order valence-corrected chi connectivity index (χ0v) is 14.4. The normalized spacial score (nSPS) is 25.3. The fraction of sp³-hybridized carbons (Fsp3) is 0.650. The maximum absolute atomic E-state index is 5.33. The maximum atomic E-state index is 5.33. The molecule has 1 saturated carbocycles. The first-order valence-electron chi connectivity index (χ1n) is 9.26. The topological polar surface area (TPSA) is 33.6 Å². The number of nitrogens with zero attached hydrogens (tertiary/aromatic N) is 1. The molecule has 0 aromatic heterocycles. The first kappa shape index (κ1) is 16.4. The highest BCUT2D eigenvalue weighted by Gasteiger charge is 2.22. The van der Waals surface area contributed by atoms with Crippen molar-refractivity contribution >= 4 is 5.84 Å². The van der Waals surface area contributed by atoms with E-state index < -0.39 is 0 Å². The Bertz CT molecular complexity index is 518. The molecule has 1 aliphatic carbocycles. The Labute approximate surface area is 140 Å². The number of hydrogen-bond donors (Lipinski definition) is 1. The molecule has 1 heterocycles. The van der Waals surface area contributed by atoms with Crippen molar-refractivity contribution in [1.29, 1.82) is 0 Å². The molecule has 0 bridgehead atoms. The van der Waals surface area contributed by atoms with Crippen molar-refractivity contribution in [2.45, 2.75) is 63.8 Å². The van der Waals surface area contributed by atoms with E-state index in [4.69, 9.17) is 9.73 Å². The van der Waals surface area contributed by atoms with Gasteiger partial charge >= 0.3 is 0 Å². The first-order chi connectivity index (χ1) is 11.3. The molecule has 0 amide bonds. The molecule has 0 spiro atoms. The van der Waals surface area contributed by atoms with E-state index in [0.29, 0.717) is 6.04 Å². The number of aliphatic imine (C=N–C) groups is 1. The van der Waals surface area contributed by atoms with E-state index in [1.165, 1.54) is 62.8 Å². The van der Waals surface area contributed by atoms with Crippen LogP contribution in [0.15, 0.2) is 29.3 Å². The van der Waals surface area contributed by atoms with Crippen LogP contribution in [0.25, 0.3) is 0 Å². The van der Waals surface area contributed by atoms with Crippen molar-refractivity contribution in [3.8, 4) is 5.75 Å². The highest BCUT2D eigenvalue weighted by Crippen LogP contribution is 2.28. The van der Waals surface area contributed by atoms with Crippen LogP contribution in [-0.2, 0) is 6.42 Å². The van der Waals surface area contributed by atoms with Crippen LogP contribution in [0, 0.1) is 5.92 Å². The molecular weight excluding hydrogens is 284 g/mol. The summed E-state index contributed by atoms with van der Waals surface area (Å²) in [6.07, 6.45) is 11.5. The van der Waals surface area contributed by atoms with E-state index in [1.54, 1.807) is 7.11 Å². The molecule has 1 aromatic carbocycles. The van der Waals surface area contributed by atoms with Gasteiger partial charge in [-0.15, -0.1) is 0 Å². The Kier molecular flexibility index (Phi) is 5.95. The summed E-state index contributed by atoms with van der Waals surface area (Å²) in [6, 6.07) is 9.19. The summed E-state index contributed by atoms with van der Waals surface area (Å²) in [4.78, 5) is 4.71. The van der Waals surface area contributed by atoms with Crippen molar-refractivity contribution in [3.05, 3.63) is 29.8 Å². The largest absolute Gasteiger partial charge is 0.497 e. The molecule has 0 saturated heterocycles. The third-order valence-corrected chi connectivity index (χ3v) is 5.25. The summed E-state index contributed by atoms with van der Waals surface area (Å²) in [5.74, 6) is 3.07. The van der Waals surface area contributed by atoms with Crippen molar-refractivity contribution in [2.24, 2.45) is 10.9 Å². The summed E-state index contributed by atoms with van der Waals surface area (Å²) in [6.45, 7) is 1.02. The summed E-state index contributed by atoms with van der Waals surface area (Å²) in [7, 11) is 1.74. The van der Waals surface area contributed by atoms with Gasteiger partial charge < -0.3 is 10.1 Å². The van der Waals surface area contributed by atoms with Gasteiger partial charge in [0.15, 0.2) is 0 Å². The maximum Gasteiger partial charge on any atom is 0.119 e. The van der Waals surface area contributed by atoms with Gasteiger partial charge in [-0.2, -0.15) is 0 Å². The molecule has 126 valence electrons. The minimum absolute atomic E-state index is 0.647. The van der Waals surface area contributed by atoms with Crippen LogP contribution in [0.5, 0.6) is 5.75 Å². The fourth-order valence-electron chi connectivity index (χ4n) is 3.87. The SMILES string of the molecule is COc1cccc(CC2CCC(NC3=NCCCCC3)CC2)c1. The van der Waals surface area contributed by atoms with Gasteiger partial charge in [0, 0.05) is 19.0 Å². The molecule has 2 aliphatic rings.